The minimum Gasteiger partial charge on any atom is -0.455 e. The third-order valence-corrected chi connectivity index (χ3v) is 8.63. The lowest BCUT2D eigenvalue weighted by atomic mass is 9.97. The van der Waals surface area contributed by atoms with Gasteiger partial charge in [-0.05, 0) is 70.1 Å². The van der Waals surface area contributed by atoms with Crippen molar-refractivity contribution < 1.29 is 16.8 Å². The highest BCUT2D eigenvalue weighted by Crippen LogP contribution is 2.46. The normalized spacial score (nSPS) is 14.0. The third-order valence-electron chi connectivity index (χ3n) is 8.63. The SMILES string of the molecule is [2H]c1c([2H])c([2H])c(-c2c([2H])c([2H])c(N(c3ccccc3-c3ccccc3)c3ccccc3-c3ccc4oc5c6ccccc6ccc5c4c3)c([2H])c2[2H])c([2H])c1[2H]. The number of hydrogen-bond acceptors (Lipinski definition) is 2. The lowest BCUT2D eigenvalue weighted by Crippen LogP contribution is -2.12. The summed E-state index contributed by atoms with van der Waals surface area (Å²) < 4.78 is 85.9. The predicted octanol–water partition coefficient (Wildman–Crippen LogP) is 13.2. The largest absolute Gasteiger partial charge is 0.455 e. The first kappa shape index (κ1) is 20.0. The summed E-state index contributed by atoms with van der Waals surface area (Å²) in [6.45, 7) is 0. The molecule has 0 saturated carbocycles. The first-order valence-corrected chi connectivity index (χ1v) is 15.6. The number of para-hydroxylation sites is 2. The van der Waals surface area contributed by atoms with Crippen LogP contribution in [0.5, 0.6) is 0 Å². The number of fused-ring (bicyclic) bond motifs is 5. The van der Waals surface area contributed by atoms with Crippen molar-refractivity contribution in [1.29, 1.82) is 0 Å². The standard InChI is InChI=1S/C46H31NO/c1-3-13-32(14-4-1)33-23-27-37(28-24-33)47(43-21-11-9-18-38(43)34-15-5-2-6-16-34)44-22-12-10-19-39(44)36-26-30-45-42(31-36)41-29-25-35-17-7-8-20-40(35)46(41)48-45/h1-31H/i1D,3D,4D,13D,14D,23D,24D,27D,28D. The molecule has 0 N–H and O–H groups in total. The van der Waals surface area contributed by atoms with Gasteiger partial charge in [0.05, 0.1) is 23.7 Å². The van der Waals surface area contributed by atoms with E-state index < -0.39 is 59.9 Å². The van der Waals surface area contributed by atoms with Gasteiger partial charge < -0.3 is 9.32 Å². The molecule has 0 saturated heterocycles. The van der Waals surface area contributed by atoms with Crippen molar-refractivity contribution in [2.75, 3.05) is 4.90 Å². The van der Waals surface area contributed by atoms with Crippen molar-refractivity contribution in [3.05, 3.63) is 188 Å². The van der Waals surface area contributed by atoms with Gasteiger partial charge in [-0.15, -0.1) is 0 Å². The Hall–Kier alpha value is -6.38. The van der Waals surface area contributed by atoms with Gasteiger partial charge in [0, 0.05) is 33.0 Å². The van der Waals surface area contributed by atoms with Gasteiger partial charge in [-0.1, -0.05) is 145 Å². The Morgan fingerprint density at radius 3 is 1.85 bits per heavy atom. The molecule has 2 heteroatoms. The maximum absolute atomic E-state index is 9.54. The molecule has 0 unspecified atom stereocenters. The van der Waals surface area contributed by atoms with E-state index in [9.17, 15) is 5.48 Å². The molecule has 0 bridgehead atoms. The number of rotatable bonds is 6. The maximum atomic E-state index is 9.54. The van der Waals surface area contributed by atoms with Crippen LogP contribution in [0.4, 0.5) is 17.1 Å². The fourth-order valence-electron chi connectivity index (χ4n) is 6.40. The van der Waals surface area contributed by atoms with Gasteiger partial charge in [-0.3, -0.25) is 0 Å². The monoisotopic (exact) mass is 622 g/mol. The van der Waals surface area contributed by atoms with Crippen LogP contribution in [0.15, 0.2) is 192 Å². The van der Waals surface area contributed by atoms with Crippen LogP contribution in [0.3, 0.4) is 0 Å². The predicted molar refractivity (Wildman–Crippen MR) is 202 cm³/mol. The molecular weight excluding hydrogens is 583 g/mol. The molecule has 0 spiro atoms. The van der Waals surface area contributed by atoms with Crippen LogP contribution < -0.4 is 4.90 Å². The second kappa shape index (κ2) is 11.8. The number of nitrogens with zero attached hydrogens (tertiary/aromatic N) is 1. The molecule has 1 heterocycles. The smallest absolute Gasteiger partial charge is 0.143 e. The molecule has 9 rings (SSSR count). The van der Waals surface area contributed by atoms with E-state index >= 15 is 0 Å². The molecule has 0 aliphatic carbocycles. The number of anilines is 3. The molecule has 0 atom stereocenters. The van der Waals surface area contributed by atoms with Crippen molar-refractivity contribution in [3.8, 4) is 33.4 Å². The molecule has 1 aromatic heterocycles. The number of hydrogen-bond donors (Lipinski definition) is 0. The Labute approximate surface area is 292 Å². The van der Waals surface area contributed by atoms with Gasteiger partial charge >= 0.3 is 0 Å². The molecule has 0 amide bonds. The fourth-order valence-corrected chi connectivity index (χ4v) is 6.40. The average Bonchev–Trinajstić information content (AvgIpc) is 3.63. The molecule has 0 fully saturated rings. The van der Waals surface area contributed by atoms with E-state index in [1.165, 1.54) is 0 Å². The maximum Gasteiger partial charge on any atom is 0.143 e. The van der Waals surface area contributed by atoms with Crippen LogP contribution in [0.2, 0.25) is 0 Å². The summed E-state index contributed by atoms with van der Waals surface area (Å²) in [4.78, 5) is 1.73. The molecule has 226 valence electrons. The Kier molecular flexibility index (Phi) is 4.90. The van der Waals surface area contributed by atoms with Crippen molar-refractivity contribution in [3.63, 3.8) is 0 Å². The van der Waals surface area contributed by atoms with Crippen LogP contribution in [-0.2, 0) is 0 Å². The van der Waals surface area contributed by atoms with Crippen molar-refractivity contribution in [1.82, 2.24) is 0 Å². The third kappa shape index (κ3) is 4.83. The molecule has 0 aliphatic heterocycles. The Morgan fingerprint density at radius 2 is 1.08 bits per heavy atom. The van der Waals surface area contributed by atoms with Crippen LogP contribution in [0.1, 0.15) is 12.3 Å². The summed E-state index contributed by atoms with van der Waals surface area (Å²) in [6, 6.07) is 37.9. The minimum absolute atomic E-state index is 0.0711. The first-order chi connectivity index (χ1) is 27.6. The van der Waals surface area contributed by atoms with E-state index in [2.05, 4.69) is 18.2 Å². The first-order valence-electron chi connectivity index (χ1n) is 20.1. The summed E-state index contributed by atoms with van der Waals surface area (Å²) in [5.41, 5.74) is 5.00. The van der Waals surface area contributed by atoms with E-state index in [0.717, 1.165) is 55.0 Å². The molecular formula is C46H31NO. The molecule has 48 heavy (non-hydrogen) atoms. The Bertz CT molecular complexity index is 3030. The summed E-state index contributed by atoms with van der Waals surface area (Å²) in [5.74, 6) is 0. The highest BCUT2D eigenvalue weighted by molar-refractivity contribution is 6.15. The lowest BCUT2D eigenvalue weighted by Gasteiger charge is -2.30. The summed E-state index contributed by atoms with van der Waals surface area (Å²) >= 11 is 0. The molecule has 9 aromatic rings. The van der Waals surface area contributed by atoms with Crippen LogP contribution in [0.25, 0.3) is 66.1 Å². The van der Waals surface area contributed by atoms with Crippen molar-refractivity contribution in [2.24, 2.45) is 0 Å². The van der Waals surface area contributed by atoms with Crippen molar-refractivity contribution in [2.45, 2.75) is 0 Å². The summed E-state index contributed by atoms with van der Waals surface area (Å²) in [6.07, 6.45) is 0. The molecule has 2 nitrogen and oxygen atoms in total. The van der Waals surface area contributed by atoms with Gasteiger partial charge in [0.15, 0.2) is 0 Å². The highest BCUT2D eigenvalue weighted by atomic mass is 16.3. The fraction of sp³-hybridized carbons (Fsp3) is 0. The van der Waals surface area contributed by atoms with E-state index in [1.54, 1.807) is 4.90 Å². The quantitative estimate of drug-likeness (QED) is 0.183. The van der Waals surface area contributed by atoms with Gasteiger partial charge in [0.1, 0.15) is 11.2 Å². The van der Waals surface area contributed by atoms with Crippen LogP contribution in [0, 0.1) is 0 Å². The molecule has 8 aromatic carbocycles. The number of benzene rings is 8. The zero-order valence-corrected chi connectivity index (χ0v) is 25.6. The molecule has 0 radical (unpaired) electrons. The second-order valence-corrected chi connectivity index (χ2v) is 11.4. The Morgan fingerprint density at radius 1 is 0.438 bits per heavy atom. The van der Waals surface area contributed by atoms with E-state index in [-0.39, 0.29) is 11.3 Å². The topological polar surface area (TPSA) is 16.4 Å². The van der Waals surface area contributed by atoms with Gasteiger partial charge in [-0.2, -0.15) is 0 Å². The number of furan rings is 1. The lowest BCUT2D eigenvalue weighted by molar-refractivity contribution is 0.672. The van der Waals surface area contributed by atoms with Crippen molar-refractivity contribution >= 4 is 49.8 Å². The van der Waals surface area contributed by atoms with E-state index in [4.69, 9.17) is 11.3 Å². The second-order valence-electron chi connectivity index (χ2n) is 11.4. The highest BCUT2D eigenvalue weighted by Gasteiger charge is 2.21. The summed E-state index contributed by atoms with van der Waals surface area (Å²) in [7, 11) is 0. The average molecular weight is 623 g/mol. The van der Waals surface area contributed by atoms with Crippen LogP contribution >= 0.6 is 0 Å². The zero-order valence-electron chi connectivity index (χ0n) is 34.6. The van der Waals surface area contributed by atoms with Gasteiger partial charge in [0.25, 0.3) is 0 Å². The van der Waals surface area contributed by atoms with Crippen LogP contribution in [-0.4, -0.2) is 0 Å². The zero-order chi connectivity index (χ0) is 39.7. The molecule has 0 aliphatic rings. The van der Waals surface area contributed by atoms with E-state index in [1.807, 2.05) is 115 Å². The Balaban J connectivity index is 1.33. The van der Waals surface area contributed by atoms with Gasteiger partial charge in [-0.25, -0.2) is 0 Å². The summed E-state index contributed by atoms with van der Waals surface area (Å²) in [5, 5.41) is 3.94. The van der Waals surface area contributed by atoms with Gasteiger partial charge in [0.2, 0.25) is 0 Å². The van der Waals surface area contributed by atoms with E-state index in [0.29, 0.717) is 11.4 Å². The minimum atomic E-state index is -0.630.